The van der Waals surface area contributed by atoms with E-state index in [4.69, 9.17) is 9.47 Å². The third-order valence-corrected chi connectivity index (χ3v) is 4.90. The zero-order valence-electron chi connectivity index (χ0n) is 13.5. The van der Waals surface area contributed by atoms with Gasteiger partial charge in [-0.2, -0.15) is 0 Å². The number of rotatable bonds is 2. The number of carbonyl (C=O) groups excluding carboxylic acids is 2. The van der Waals surface area contributed by atoms with Crippen molar-refractivity contribution in [1.29, 1.82) is 0 Å². The predicted octanol–water partition coefficient (Wildman–Crippen LogP) is 3.87. The molecule has 2 aliphatic rings. The first-order valence-corrected chi connectivity index (χ1v) is 8.19. The molecule has 0 saturated heterocycles. The Kier molecular flexibility index (Phi) is 3.60. The Morgan fingerprint density at radius 1 is 0.917 bits per heavy atom. The largest absolute Gasteiger partial charge is 0.497 e. The summed E-state index contributed by atoms with van der Waals surface area (Å²) in [5.41, 5.74) is 1.74. The molecule has 1 saturated carbocycles. The lowest BCUT2D eigenvalue weighted by Gasteiger charge is -2.34. The molecule has 0 aromatic heterocycles. The van der Waals surface area contributed by atoms with Gasteiger partial charge in [0.25, 0.3) is 0 Å². The lowest BCUT2D eigenvalue weighted by molar-refractivity contribution is -0.136. The summed E-state index contributed by atoms with van der Waals surface area (Å²) in [6, 6.07) is 13.2. The van der Waals surface area contributed by atoms with Crippen LogP contribution in [0, 0.1) is 5.92 Å². The maximum Gasteiger partial charge on any atom is 0.144 e. The van der Waals surface area contributed by atoms with Crippen LogP contribution in [0.1, 0.15) is 36.3 Å². The molecular formula is C20H18O4. The van der Waals surface area contributed by atoms with Gasteiger partial charge in [0.05, 0.1) is 13.0 Å². The van der Waals surface area contributed by atoms with Crippen LogP contribution in [0.2, 0.25) is 0 Å². The van der Waals surface area contributed by atoms with Crippen molar-refractivity contribution in [2.75, 3.05) is 7.11 Å². The van der Waals surface area contributed by atoms with Gasteiger partial charge in [0, 0.05) is 29.9 Å². The van der Waals surface area contributed by atoms with E-state index in [2.05, 4.69) is 0 Å². The first-order valence-electron chi connectivity index (χ1n) is 8.19. The molecule has 1 fully saturated rings. The molecule has 0 amide bonds. The van der Waals surface area contributed by atoms with Crippen molar-refractivity contribution in [3.8, 4) is 17.2 Å². The molecule has 0 spiro atoms. The fourth-order valence-corrected chi connectivity index (χ4v) is 3.76. The van der Waals surface area contributed by atoms with Crippen molar-refractivity contribution in [3.05, 3.63) is 53.6 Å². The van der Waals surface area contributed by atoms with E-state index in [1.165, 1.54) is 0 Å². The molecule has 2 aromatic rings. The Labute approximate surface area is 140 Å². The second kappa shape index (κ2) is 5.78. The first kappa shape index (κ1) is 14.9. The van der Waals surface area contributed by atoms with Gasteiger partial charge in [-0.15, -0.1) is 0 Å². The zero-order valence-corrected chi connectivity index (χ0v) is 13.5. The molecule has 2 aromatic carbocycles. The molecule has 0 N–H and O–H groups in total. The van der Waals surface area contributed by atoms with E-state index >= 15 is 0 Å². The van der Waals surface area contributed by atoms with E-state index in [1.807, 2.05) is 42.5 Å². The third kappa shape index (κ3) is 2.30. The van der Waals surface area contributed by atoms with Crippen LogP contribution in [-0.2, 0) is 9.59 Å². The van der Waals surface area contributed by atoms with Crippen LogP contribution < -0.4 is 9.47 Å². The summed E-state index contributed by atoms with van der Waals surface area (Å²) >= 11 is 0. The summed E-state index contributed by atoms with van der Waals surface area (Å²) in [5, 5.41) is 0. The fraction of sp³-hybridized carbons (Fsp3) is 0.300. The van der Waals surface area contributed by atoms with Crippen LogP contribution >= 0.6 is 0 Å². The second-order valence-corrected chi connectivity index (χ2v) is 6.29. The Balaban J connectivity index is 1.91. The highest BCUT2D eigenvalue weighted by Crippen LogP contribution is 2.49. The quantitative estimate of drug-likeness (QED) is 0.788. The van der Waals surface area contributed by atoms with E-state index in [0.29, 0.717) is 36.5 Å². The van der Waals surface area contributed by atoms with Crippen molar-refractivity contribution in [1.82, 2.24) is 0 Å². The average molecular weight is 322 g/mol. The van der Waals surface area contributed by atoms with Gasteiger partial charge < -0.3 is 9.47 Å². The highest BCUT2D eigenvalue weighted by molar-refractivity contribution is 6.06. The number of ether oxygens (including phenoxy) is 2. The molecule has 4 heteroatoms. The number of hydrogen-bond acceptors (Lipinski definition) is 4. The number of para-hydroxylation sites is 1. The summed E-state index contributed by atoms with van der Waals surface area (Å²) < 4.78 is 11.3. The number of carbonyl (C=O) groups is 2. The van der Waals surface area contributed by atoms with E-state index in [0.717, 1.165) is 11.1 Å². The van der Waals surface area contributed by atoms with Crippen molar-refractivity contribution >= 4 is 11.6 Å². The Morgan fingerprint density at radius 2 is 1.62 bits per heavy atom. The highest BCUT2D eigenvalue weighted by Gasteiger charge is 2.42. The molecule has 122 valence electrons. The SMILES string of the molecule is COc1ccc2c(c1)[C@H](C1C(=O)CCCC1=O)c1ccccc1O2. The van der Waals surface area contributed by atoms with Gasteiger partial charge in [-0.1, -0.05) is 18.2 Å². The van der Waals surface area contributed by atoms with E-state index in [1.54, 1.807) is 7.11 Å². The highest BCUT2D eigenvalue weighted by atomic mass is 16.5. The molecule has 1 aliphatic heterocycles. The average Bonchev–Trinajstić information content (AvgIpc) is 2.60. The summed E-state index contributed by atoms with van der Waals surface area (Å²) in [4.78, 5) is 25.2. The topological polar surface area (TPSA) is 52.6 Å². The summed E-state index contributed by atoms with van der Waals surface area (Å²) in [5.74, 6) is 1.22. The lowest BCUT2D eigenvalue weighted by atomic mass is 9.71. The molecule has 0 bridgehead atoms. The molecule has 4 nitrogen and oxygen atoms in total. The first-order chi connectivity index (χ1) is 11.7. The number of ketones is 2. The smallest absolute Gasteiger partial charge is 0.144 e. The monoisotopic (exact) mass is 322 g/mol. The third-order valence-electron chi connectivity index (χ3n) is 4.90. The zero-order chi connectivity index (χ0) is 16.7. The Morgan fingerprint density at radius 3 is 2.38 bits per heavy atom. The maximum absolute atomic E-state index is 12.6. The Bertz CT molecular complexity index is 808. The summed E-state index contributed by atoms with van der Waals surface area (Å²) in [7, 11) is 1.60. The lowest BCUT2D eigenvalue weighted by Crippen LogP contribution is -2.35. The standard InChI is InChI=1S/C20H18O4/c1-23-12-9-10-18-14(11-12)19(13-5-2-3-8-17(13)24-18)20-15(21)6-4-7-16(20)22/h2-3,5,8-11,19-20H,4,6-7H2,1H3/t19-/m1/s1. The normalized spacial score (nSPS) is 20.1. The van der Waals surface area contributed by atoms with Gasteiger partial charge in [0.1, 0.15) is 28.8 Å². The van der Waals surface area contributed by atoms with Crippen LogP contribution in [0.25, 0.3) is 0 Å². The molecule has 24 heavy (non-hydrogen) atoms. The second-order valence-electron chi connectivity index (χ2n) is 6.29. The van der Waals surface area contributed by atoms with Gasteiger partial charge in [-0.25, -0.2) is 0 Å². The predicted molar refractivity (Wildman–Crippen MR) is 88.7 cm³/mol. The number of Topliss-reactive ketones (excluding diaryl/α,β-unsaturated/α-hetero) is 2. The minimum absolute atomic E-state index is 0.0294. The fourth-order valence-electron chi connectivity index (χ4n) is 3.76. The molecule has 0 radical (unpaired) electrons. The number of methoxy groups -OCH3 is 1. The van der Waals surface area contributed by atoms with Crippen LogP contribution in [0.15, 0.2) is 42.5 Å². The van der Waals surface area contributed by atoms with Crippen molar-refractivity contribution in [2.24, 2.45) is 5.92 Å². The van der Waals surface area contributed by atoms with Gasteiger partial charge in [0.15, 0.2) is 0 Å². The maximum atomic E-state index is 12.6. The molecular weight excluding hydrogens is 304 g/mol. The summed E-state index contributed by atoms with van der Waals surface area (Å²) in [6.45, 7) is 0. The minimum atomic E-state index is -0.630. The molecule has 1 aliphatic carbocycles. The van der Waals surface area contributed by atoms with Crippen molar-refractivity contribution in [2.45, 2.75) is 25.2 Å². The molecule has 4 rings (SSSR count). The van der Waals surface area contributed by atoms with E-state index < -0.39 is 5.92 Å². The van der Waals surface area contributed by atoms with Crippen molar-refractivity contribution in [3.63, 3.8) is 0 Å². The van der Waals surface area contributed by atoms with E-state index in [9.17, 15) is 9.59 Å². The number of hydrogen-bond donors (Lipinski definition) is 0. The van der Waals surface area contributed by atoms with Gasteiger partial charge in [0.2, 0.25) is 0 Å². The molecule has 0 unspecified atom stereocenters. The van der Waals surface area contributed by atoms with Crippen molar-refractivity contribution < 1.29 is 19.1 Å². The van der Waals surface area contributed by atoms with E-state index in [-0.39, 0.29) is 17.5 Å². The van der Waals surface area contributed by atoms with Crippen LogP contribution in [0.5, 0.6) is 17.2 Å². The van der Waals surface area contributed by atoms with Gasteiger partial charge in [-0.05, 0) is 30.7 Å². The van der Waals surface area contributed by atoms with Gasteiger partial charge >= 0.3 is 0 Å². The minimum Gasteiger partial charge on any atom is -0.497 e. The van der Waals surface area contributed by atoms with Gasteiger partial charge in [-0.3, -0.25) is 9.59 Å². The molecule has 1 atom stereocenters. The van der Waals surface area contributed by atoms with Crippen LogP contribution in [-0.4, -0.2) is 18.7 Å². The summed E-state index contributed by atoms with van der Waals surface area (Å²) in [6.07, 6.45) is 1.59. The van der Waals surface area contributed by atoms with Crippen LogP contribution in [0.4, 0.5) is 0 Å². The number of fused-ring (bicyclic) bond motifs is 2. The molecule has 1 heterocycles. The Hall–Kier alpha value is -2.62. The number of benzene rings is 2. The van der Waals surface area contributed by atoms with Crippen LogP contribution in [0.3, 0.4) is 0 Å².